The fraction of sp³-hybridized carbons (Fsp3) is 0.273. The van der Waals surface area contributed by atoms with Crippen molar-refractivity contribution >= 4 is 29.2 Å². The number of pyridine rings is 1. The van der Waals surface area contributed by atoms with Crippen molar-refractivity contribution < 1.29 is 9.59 Å². The van der Waals surface area contributed by atoms with Gasteiger partial charge in [0, 0.05) is 35.8 Å². The third kappa shape index (κ3) is 4.52. The molecule has 154 valence electrons. The summed E-state index contributed by atoms with van der Waals surface area (Å²) in [7, 11) is 0. The highest BCUT2D eigenvalue weighted by atomic mass is 35.5. The second kappa shape index (κ2) is 8.67. The number of anilines is 1. The van der Waals surface area contributed by atoms with Crippen molar-refractivity contribution in [3.63, 3.8) is 0 Å². The van der Waals surface area contributed by atoms with E-state index in [1.807, 2.05) is 25.1 Å². The SMILES string of the molecule is Cc1ccc(NC(=O)C2CCN(C(=O)c3cc(-c4cccc(Cl)c4)n[nH]3)CC2)nc1. The first-order valence-corrected chi connectivity index (χ1v) is 10.2. The molecule has 3 heterocycles. The number of halogens is 1. The highest BCUT2D eigenvalue weighted by molar-refractivity contribution is 6.30. The maximum atomic E-state index is 12.8. The van der Waals surface area contributed by atoms with E-state index in [4.69, 9.17) is 11.6 Å². The Hall–Kier alpha value is -3.19. The average molecular weight is 424 g/mol. The van der Waals surface area contributed by atoms with E-state index in [2.05, 4.69) is 20.5 Å². The zero-order valence-corrected chi connectivity index (χ0v) is 17.3. The molecule has 1 aromatic carbocycles. The number of nitrogens with one attached hydrogen (secondary N) is 2. The van der Waals surface area contributed by atoms with E-state index in [0.717, 1.165) is 11.1 Å². The summed E-state index contributed by atoms with van der Waals surface area (Å²) in [5.74, 6) is 0.245. The number of hydrogen-bond donors (Lipinski definition) is 2. The van der Waals surface area contributed by atoms with Gasteiger partial charge >= 0.3 is 0 Å². The summed E-state index contributed by atoms with van der Waals surface area (Å²) >= 11 is 6.03. The van der Waals surface area contributed by atoms with Gasteiger partial charge in [-0.15, -0.1) is 0 Å². The van der Waals surface area contributed by atoms with Gasteiger partial charge in [-0.1, -0.05) is 29.8 Å². The predicted octanol–water partition coefficient (Wildman–Crippen LogP) is 3.92. The van der Waals surface area contributed by atoms with Crippen molar-refractivity contribution in [3.8, 4) is 11.3 Å². The first-order chi connectivity index (χ1) is 14.5. The summed E-state index contributed by atoms with van der Waals surface area (Å²) in [4.78, 5) is 31.3. The van der Waals surface area contributed by atoms with Crippen molar-refractivity contribution in [2.75, 3.05) is 18.4 Å². The largest absolute Gasteiger partial charge is 0.337 e. The molecule has 1 saturated heterocycles. The van der Waals surface area contributed by atoms with E-state index in [1.165, 1.54) is 0 Å². The number of rotatable bonds is 4. The number of hydrogen-bond acceptors (Lipinski definition) is 4. The van der Waals surface area contributed by atoms with Crippen LogP contribution < -0.4 is 5.32 Å². The van der Waals surface area contributed by atoms with Gasteiger partial charge in [-0.3, -0.25) is 14.7 Å². The topological polar surface area (TPSA) is 91.0 Å². The van der Waals surface area contributed by atoms with Crippen LogP contribution in [-0.2, 0) is 4.79 Å². The molecule has 1 aliphatic heterocycles. The third-order valence-corrected chi connectivity index (χ3v) is 5.48. The van der Waals surface area contributed by atoms with E-state index >= 15 is 0 Å². The lowest BCUT2D eigenvalue weighted by Crippen LogP contribution is -2.41. The average Bonchev–Trinajstić information content (AvgIpc) is 3.25. The number of aromatic amines is 1. The number of likely N-dealkylation sites (tertiary alicyclic amines) is 1. The number of nitrogens with zero attached hydrogens (tertiary/aromatic N) is 3. The minimum absolute atomic E-state index is 0.0526. The Balaban J connectivity index is 1.34. The molecule has 2 aromatic heterocycles. The monoisotopic (exact) mass is 423 g/mol. The first kappa shape index (κ1) is 20.1. The van der Waals surface area contributed by atoms with E-state index < -0.39 is 0 Å². The lowest BCUT2D eigenvalue weighted by molar-refractivity contribution is -0.121. The highest BCUT2D eigenvalue weighted by Gasteiger charge is 2.28. The number of benzene rings is 1. The van der Waals surface area contributed by atoms with Crippen LogP contribution in [0.15, 0.2) is 48.7 Å². The lowest BCUT2D eigenvalue weighted by atomic mass is 9.95. The van der Waals surface area contributed by atoms with Crippen molar-refractivity contribution in [2.24, 2.45) is 5.92 Å². The Morgan fingerprint density at radius 1 is 1.17 bits per heavy atom. The van der Waals surface area contributed by atoms with Crippen LogP contribution in [0.5, 0.6) is 0 Å². The summed E-state index contributed by atoms with van der Waals surface area (Å²) in [6.45, 7) is 2.98. The fourth-order valence-corrected chi connectivity index (χ4v) is 3.70. The van der Waals surface area contributed by atoms with Crippen molar-refractivity contribution in [1.29, 1.82) is 0 Å². The van der Waals surface area contributed by atoms with Crippen LogP contribution >= 0.6 is 11.6 Å². The number of piperidine rings is 1. The standard InChI is InChI=1S/C22H22ClN5O2/c1-14-5-6-20(24-13-14)25-21(29)15-7-9-28(10-8-15)22(30)19-12-18(26-27-19)16-3-2-4-17(23)11-16/h2-6,11-13,15H,7-10H2,1H3,(H,26,27)(H,24,25,29). The molecule has 0 saturated carbocycles. The van der Waals surface area contributed by atoms with Gasteiger partial charge in [-0.25, -0.2) is 4.98 Å². The summed E-state index contributed by atoms with van der Waals surface area (Å²) in [6, 6.07) is 12.8. The molecule has 3 aromatic rings. The van der Waals surface area contributed by atoms with Crippen molar-refractivity contribution in [3.05, 3.63) is 64.9 Å². The number of carbonyl (C=O) groups excluding carboxylic acids is 2. The Kier molecular flexibility index (Phi) is 5.81. The second-order valence-corrected chi connectivity index (χ2v) is 7.89. The fourth-order valence-electron chi connectivity index (χ4n) is 3.51. The number of aryl methyl sites for hydroxylation is 1. The minimum Gasteiger partial charge on any atom is -0.337 e. The number of H-pyrrole nitrogens is 1. The molecule has 1 aliphatic rings. The van der Waals surface area contributed by atoms with Crippen LogP contribution in [-0.4, -0.2) is 45.0 Å². The normalized spacial score (nSPS) is 14.5. The quantitative estimate of drug-likeness (QED) is 0.665. The summed E-state index contributed by atoms with van der Waals surface area (Å²) < 4.78 is 0. The molecule has 30 heavy (non-hydrogen) atoms. The molecule has 0 radical (unpaired) electrons. The molecule has 0 bridgehead atoms. The van der Waals surface area contributed by atoms with Gasteiger partial charge in [0.25, 0.3) is 5.91 Å². The molecule has 8 heteroatoms. The molecule has 0 aliphatic carbocycles. The highest BCUT2D eigenvalue weighted by Crippen LogP contribution is 2.24. The van der Waals surface area contributed by atoms with Crippen molar-refractivity contribution in [1.82, 2.24) is 20.1 Å². The van der Waals surface area contributed by atoms with Gasteiger partial charge in [0.15, 0.2) is 0 Å². The smallest absolute Gasteiger partial charge is 0.271 e. The van der Waals surface area contributed by atoms with Gasteiger partial charge in [0.1, 0.15) is 11.5 Å². The Labute approximate surface area is 179 Å². The van der Waals surface area contributed by atoms with Gasteiger partial charge in [0.2, 0.25) is 5.91 Å². The number of amides is 2. The molecular formula is C22H22ClN5O2. The number of aromatic nitrogens is 3. The third-order valence-electron chi connectivity index (χ3n) is 5.24. The maximum Gasteiger partial charge on any atom is 0.271 e. The van der Waals surface area contributed by atoms with E-state index in [9.17, 15) is 9.59 Å². The molecule has 2 N–H and O–H groups in total. The van der Waals surface area contributed by atoms with Crippen LogP contribution in [0.2, 0.25) is 5.02 Å². The zero-order chi connectivity index (χ0) is 21.1. The lowest BCUT2D eigenvalue weighted by Gasteiger charge is -2.30. The van der Waals surface area contributed by atoms with Crippen LogP contribution in [0.1, 0.15) is 28.9 Å². The minimum atomic E-state index is -0.138. The van der Waals surface area contributed by atoms with Crippen LogP contribution in [0.3, 0.4) is 0 Å². The Bertz CT molecular complexity index is 1060. The molecular weight excluding hydrogens is 402 g/mol. The van der Waals surface area contributed by atoms with Crippen molar-refractivity contribution in [2.45, 2.75) is 19.8 Å². The van der Waals surface area contributed by atoms with Gasteiger partial charge in [-0.05, 0) is 49.6 Å². The van der Waals surface area contributed by atoms with E-state index in [-0.39, 0.29) is 17.7 Å². The first-order valence-electron chi connectivity index (χ1n) is 9.84. The van der Waals surface area contributed by atoms with Gasteiger partial charge < -0.3 is 10.2 Å². The molecule has 7 nitrogen and oxygen atoms in total. The molecule has 0 unspecified atom stereocenters. The predicted molar refractivity (Wildman–Crippen MR) is 115 cm³/mol. The van der Waals surface area contributed by atoms with Crippen LogP contribution in [0.25, 0.3) is 11.3 Å². The van der Waals surface area contributed by atoms with Gasteiger partial charge in [-0.2, -0.15) is 5.10 Å². The van der Waals surface area contributed by atoms with E-state index in [1.54, 1.807) is 35.4 Å². The second-order valence-electron chi connectivity index (χ2n) is 7.45. The van der Waals surface area contributed by atoms with Crippen LogP contribution in [0.4, 0.5) is 5.82 Å². The van der Waals surface area contributed by atoms with Gasteiger partial charge in [0.05, 0.1) is 5.69 Å². The molecule has 2 amide bonds. The summed E-state index contributed by atoms with van der Waals surface area (Å²) in [5, 5.41) is 10.5. The Morgan fingerprint density at radius 3 is 2.67 bits per heavy atom. The molecule has 0 atom stereocenters. The molecule has 0 spiro atoms. The zero-order valence-electron chi connectivity index (χ0n) is 16.6. The molecule has 1 fully saturated rings. The Morgan fingerprint density at radius 2 is 1.97 bits per heavy atom. The summed E-state index contributed by atoms with van der Waals surface area (Å²) in [5.41, 5.74) is 2.98. The van der Waals surface area contributed by atoms with Crippen LogP contribution in [0, 0.1) is 12.8 Å². The number of carbonyl (C=O) groups is 2. The summed E-state index contributed by atoms with van der Waals surface area (Å²) in [6.07, 6.45) is 2.94. The maximum absolute atomic E-state index is 12.8. The molecule has 4 rings (SSSR count). The van der Waals surface area contributed by atoms with E-state index in [0.29, 0.717) is 48.2 Å².